The van der Waals surface area contributed by atoms with Crippen molar-refractivity contribution in [3.8, 4) is 0 Å². The second-order valence-corrected chi connectivity index (χ2v) is 7.70. The normalized spacial score (nSPS) is 11.1. The predicted octanol–water partition coefficient (Wildman–Crippen LogP) is 4.29. The molecule has 0 unspecified atom stereocenters. The van der Waals surface area contributed by atoms with Crippen LogP contribution in [0.15, 0.2) is 83.8 Å². The first-order valence-corrected chi connectivity index (χ1v) is 10.1. The summed E-state index contributed by atoms with van der Waals surface area (Å²) in [5.74, 6) is -0.679. The van der Waals surface area contributed by atoms with Crippen molar-refractivity contribution in [3.05, 3.63) is 90.2 Å². The zero-order valence-electron chi connectivity index (χ0n) is 15.2. The number of nitrogens with one attached hydrogen (secondary N) is 1. The van der Waals surface area contributed by atoms with E-state index in [2.05, 4.69) is 4.72 Å². The second-order valence-electron chi connectivity index (χ2n) is 6.02. The summed E-state index contributed by atoms with van der Waals surface area (Å²) in [6.45, 7) is 2.20. The standard InChI is InChI=1S/C21H19FN2O3S/c1-2-24(19-12-10-17(22)11-13-19)21(25)16-8-14-20(15-9-16)28(26,27)23-18-6-4-3-5-7-18/h3-15,23H,2H2,1H3. The van der Waals surface area contributed by atoms with Gasteiger partial charge in [-0.15, -0.1) is 0 Å². The van der Waals surface area contributed by atoms with Crippen molar-refractivity contribution in [2.45, 2.75) is 11.8 Å². The molecule has 7 heteroatoms. The Kier molecular flexibility index (Phi) is 5.75. The molecule has 144 valence electrons. The molecule has 3 rings (SSSR count). The van der Waals surface area contributed by atoms with Crippen LogP contribution in [-0.2, 0) is 10.0 Å². The number of carbonyl (C=O) groups is 1. The predicted molar refractivity (Wildman–Crippen MR) is 107 cm³/mol. The topological polar surface area (TPSA) is 66.5 Å². The molecule has 0 aliphatic rings. The Hall–Kier alpha value is -3.19. The maximum atomic E-state index is 13.1. The van der Waals surface area contributed by atoms with E-state index in [0.717, 1.165) is 0 Å². The minimum absolute atomic E-state index is 0.0535. The Bertz CT molecular complexity index is 1050. The zero-order valence-corrected chi connectivity index (χ0v) is 16.0. The Morgan fingerprint density at radius 3 is 2.11 bits per heavy atom. The fourth-order valence-electron chi connectivity index (χ4n) is 2.72. The molecule has 5 nitrogen and oxygen atoms in total. The third kappa shape index (κ3) is 4.37. The largest absolute Gasteiger partial charge is 0.309 e. The number of sulfonamides is 1. The molecule has 0 aliphatic heterocycles. The third-order valence-corrected chi connectivity index (χ3v) is 5.53. The van der Waals surface area contributed by atoms with Gasteiger partial charge in [-0.1, -0.05) is 18.2 Å². The number of nitrogens with zero attached hydrogens (tertiary/aromatic N) is 1. The lowest BCUT2D eigenvalue weighted by molar-refractivity contribution is 0.0988. The molecule has 0 saturated carbocycles. The molecular formula is C21H19FN2O3S. The van der Waals surface area contributed by atoms with E-state index in [4.69, 9.17) is 0 Å². The maximum Gasteiger partial charge on any atom is 0.261 e. The molecule has 3 aromatic rings. The Morgan fingerprint density at radius 1 is 0.929 bits per heavy atom. The van der Waals surface area contributed by atoms with Crippen molar-refractivity contribution >= 4 is 27.3 Å². The number of hydrogen-bond donors (Lipinski definition) is 1. The lowest BCUT2D eigenvalue weighted by Crippen LogP contribution is -2.30. The SMILES string of the molecule is CCN(C(=O)c1ccc(S(=O)(=O)Nc2ccccc2)cc1)c1ccc(F)cc1. The molecule has 28 heavy (non-hydrogen) atoms. The number of anilines is 2. The van der Waals surface area contributed by atoms with Crippen LogP contribution in [0, 0.1) is 5.82 Å². The molecular weight excluding hydrogens is 379 g/mol. The van der Waals surface area contributed by atoms with Crippen LogP contribution in [-0.4, -0.2) is 20.9 Å². The van der Waals surface area contributed by atoms with Gasteiger partial charge in [0.1, 0.15) is 5.82 Å². The van der Waals surface area contributed by atoms with Gasteiger partial charge in [0, 0.05) is 23.5 Å². The van der Waals surface area contributed by atoms with Crippen molar-refractivity contribution in [1.29, 1.82) is 0 Å². The molecule has 0 atom stereocenters. The van der Waals surface area contributed by atoms with Gasteiger partial charge in [0.15, 0.2) is 0 Å². The number of carbonyl (C=O) groups excluding carboxylic acids is 1. The monoisotopic (exact) mass is 398 g/mol. The molecule has 0 spiro atoms. The molecule has 0 heterocycles. The number of hydrogen-bond acceptors (Lipinski definition) is 3. The van der Waals surface area contributed by atoms with E-state index in [1.807, 2.05) is 6.92 Å². The Morgan fingerprint density at radius 2 is 1.54 bits per heavy atom. The summed E-state index contributed by atoms with van der Waals surface area (Å²) < 4.78 is 40.6. The third-order valence-electron chi connectivity index (χ3n) is 4.14. The number of para-hydroxylation sites is 1. The average Bonchev–Trinajstić information content (AvgIpc) is 2.70. The van der Waals surface area contributed by atoms with Crippen molar-refractivity contribution < 1.29 is 17.6 Å². The molecule has 0 saturated heterocycles. The van der Waals surface area contributed by atoms with Crippen LogP contribution >= 0.6 is 0 Å². The lowest BCUT2D eigenvalue weighted by Gasteiger charge is -2.21. The summed E-state index contributed by atoms with van der Waals surface area (Å²) in [6, 6.07) is 19.9. The molecule has 1 N–H and O–H groups in total. The average molecular weight is 398 g/mol. The number of rotatable bonds is 6. The van der Waals surface area contributed by atoms with Crippen LogP contribution in [0.5, 0.6) is 0 Å². The van der Waals surface area contributed by atoms with Gasteiger partial charge in [-0.2, -0.15) is 0 Å². The van der Waals surface area contributed by atoms with Crippen molar-refractivity contribution in [2.24, 2.45) is 0 Å². The van der Waals surface area contributed by atoms with Crippen molar-refractivity contribution in [3.63, 3.8) is 0 Å². The molecule has 0 bridgehead atoms. The molecule has 0 aliphatic carbocycles. The highest BCUT2D eigenvalue weighted by atomic mass is 32.2. The minimum Gasteiger partial charge on any atom is -0.309 e. The zero-order chi connectivity index (χ0) is 20.1. The fourth-order valence-corrected chi connectivity index (χ4v) is 3.78. The fraction of sp³-hybridized carbons (Fsp3) is 0.0952. The van der Waals surface area contributed by atoms with Crippen LogP contribution in [0.4, 0.5) is 15.8 Å². The number of halogens is 1. The van der Waals surface area contributed by atoms with Crippen LogP contribution in [0.2, 0.25) is 0 Å². The lowest BCUT2D eigenvalue weighted by atomic mass is 10.2. The highest BCUT2D eigenvalue weighted by Crippen LogP contribution is 2.20. The van der Waals surface area contributed by atoms with Gasteiger partial charge >= 0.3 is 0 Å². The van der Waals surface area contributed by atoms with E-state index in [1.54, 1.807) is 30.3 Å². The molecule has 0 fully saturated rings. The van der Waals surface area contributed by atoms with Crippen LogP contribution in [0.3, 0.4) is 0 Å². The van der Waals surface area contributed by atoms with Crippen molar-refractivity contribution in [1.82, 2.24) is 0 Å². The molecule has 0 aromatic heterocycles. The summed E-state index contributed by atoms with van der Waals surface area (Å²) in [5.41, 5.74) is 1.36. The van der Waals surface area contributed by atoms with Gasteiger partial charge in [-0.25, -0.2) is 12.8 Å². The molecule has 0 radical (unpaired) electrons. The first-order chi connectivity index (χ1) is 13.4. The minimum atomic E-state index is -3.76. The summed E-state index contributed by atoms with van der Waals surface area (Å²) in [5, 5.41) is 0. The Labute approximate surface area is 163 Å². The Balaban J connectivity index is 1.81. The summed E-state index contributed by atoms with van der Waals surface area (Å²) in [4.78, 5) is 14.3. The first-order valence-electron chi connectivity index (χ1n) is 8.66. The highest BCUT2D eigenvalue weighted by Gasteiger charge is 2.19. The summed E-state index contributed by atoms with van der Waals surface area (Å²) >= 11 is 0. The summed E-state index contributed by atoms with van der Waals surface area (Å²) in [7, 11) is -3.76. The van der Waals surface area contributed by atoms with Crippen LogP contribution < -0.4 is 9.62 Å². The first kappa shape index (κ1) is 19.6. The van der Waals surface area contributed by atoms with Gasteiger partial charge in [0.25, 0.3) is 15.9 Å². The second kappa shape index (κ2) is 8.22. The van der Waals surface area contributed by atoms with Gasteiger partial charge in [0.2, 0.25) is 0 Å². The van der Waals surface area contributed by atoms with Gasteiger partial charge in [-0.3, -0.25) is 9.52 Å². The van der Waals surface area contributed by atoms with Gasteiger partial charge in [0.05, 0.1) is 4.90 Å². The van der Waals surface area contributed by atoms with E-state index in [9.17, 15) is 17.6 Å². The molecule has 3 aromatic carbocycles. The highest BCUT2D eigenvalue weighted by molar-refractivity contribution is 7.92. The van der Waals surface area contributed by atoms with Gasteiger partial charge < -0.3 is 4.90 Å². The van der Waals surface area contributed by atoms with E-state index in [-0.39, 0.29) is 16.6 Å². The number of benzene rings is 3. The van der Waals surface area contributed by atoms with E-state index in [0.29, 0.717) is 23.5 Å². The number of amides is 1. The molecule has 1 amide bonds. The van der Waals surface area contributed by atoms with Crippen molar-refractivity contribution in [2.75, 3.05) is 16.2 Å². The van der Waals surface area contributed by atoms with E-state index < -0.39 is 10.0 Å². The van der Waals surface area contributed by atoms with E-state index >= 15 is 0 Å². The van der Waals surface area contributed by atoms with Gasteiger partial charge in [-0.05, 0) is 67.6 Å². The van der Waals surface area contributed by atoms with E-state index in [1.165, 1.54) is 53.4 Å². The maximum absolute atomic E-state index is 13.1. The summed E-state index contributed by atoms with van der Waals surface area (Å²) in [6.07, 6.45) is 0. The van der Waals surface area contributed by atoms with Crippen LogP contribution in [0.1, 0.15) is 17.3 Å². The van der Waals surface area contributed by atoms with Crippen LogP contribution in [0.25, 0.3) is 0 Å². The smallest absolute Gasteiger partial charge is 0.261 e. The quantitative estimate of drug-likeness (QED) is 0.673.